The molecule has 0 spiro atoms. The van der Waals surface area contributed by atoms with Gasteiger partial charge in [0.05, 0.1) is 5.02 Å². The predicted molar refractivity (Wildman–Crippen MR) is 43.3 cm³/mol. The maximum atomic E-state index is 5.71. The molecule has 50 valence electrons. The number of thiophene rings is 1. The van der Waals surface area contributed by atoms with Crippen LogP contribution in [0.3, 0.4) is 0 Å². The highest BCUT2D eigenvalue weighted by Crippen LogP contribution is 2.19. The summed E-state index contributed by atoms with van der Waals surface area (Å²) in [6.07, 6.45) is 2.37. The van der Waals surface area contributed by atoms with Gasteiger partial charge in [0.1, 0.15) is 0 Å². The SMILES string of the molecule is CCCc1cc(Cl)cs1. The molecule has 0 N–H and O–H groups in total. The second kappa shape index (κ2) is 3.23. The summed E-state index contributed by atoms with van der Waals surface area (Å²) in [6, 6.07) is 2.04. The highest BCUT2D eigenvalue weighted by molar-refractivity contribution is 7.10. The highest BCUT2D eigenvalue weighted by Gasteiger charge is 1.93. The number of hydrogen-bond donors (Lipinski definition) is 0. The quantitative estimate of drug-likeness (QED) is 0.623. The topological polar surface area (TPSA) is 0 Å². The Bertz CT molecular complexity index is 181. The van der Waals surface area contributed by atoms with Gasteiger partial charge in [-0.2, -0.15) is 0 Å². The molecule has 0 nitrogen and oxygen atoms in total. The number of hydrogen-bond acceptors (Lipinski definition) is 1. The molecule has 1 heterocycles. The van der Waals surface area contributed by atoms with Crippen molar-refractivity contribution in [3.63, 3.8) is 0 Å². The molecule has 1 aromatic rings. The fraction of sp³-hybridized carbons (Fsp3) is 0.429. The van der Waals surface area contributed by atoms with Gasteiger partial charge in [0.2, 0.25) is 0 Å². The van der Waals surface area contributed by atoms with Gasteiger partial charge in [0.25, 0.3) is 0 Å². The summed E-state index contributed by atoms with van der Waals surface area (Å²) >= 11 is 7.45. The molecule has 0 fully saturated rings. The third-order valence-electron chi connectivity index (χ3n) is 1.12. The lowest BCUT2D eigenvalue weighted by molar-refractivity contribution is 0.940. The van der Waals surface area contributed by atoms with Crippen molar-refractivity contribution in [2.75, 3.05) is 0 Å². The summed E-state index contributed by atoms with van der Waals surface area (Å²) < 4.78 is 0. The zero-order valence-electron chi connectivity index (χ0n) is 5.36. The van der Waals surface area contributed by atoms with Gasteiger partial charge in [-0.3, -0.25) is 0 Å². The van der Waals surface area contributed by atoms with E-state index in [9.17, 15) is 0 Å². The van der Waals surface area contributed by atoms with E-state index in [4.69, 9.17) is 11.6 Å². The standard InChI is InChI=1S/C7H9ClS/c1-2-3-7-4-6(8)5-9-7/h4-5H,2-3H2,1H3. The third kappa shape index (κ3) is 1.99. The van der Waals surface area contributed by atoms with E-state index in [-0.39, 0.29) is 0 Å². The van der Waals surface area contributed by atoms with Crippen LogP contribution in [0.1, 0.15) is 18.2 Å². The predicted octanol–water partition coefficient (Wildman–Crippen LogP) is 3.35. The van der Waals surface area contributed by atoms with Gasteiger partial charge in [0, 0.05) is 10.3 Å². The molecule has 2 heteroatoms. The fourth-order valence-electron chi connectivity index (χ4n) is 0.731. The van der Waals surface area contributed by atoms with Crippen molar-refractivity contribution in [3.05, 3.63) is 21.3 Å². The minimum Gasteiger partial charge on any atom is -0.147 e. The molecule has 0 aliphatic rings. The summed E-state index contributed by atoms with van der Waals surface area (Å²) in [5, 5.41) is 2.86. The summed E-state index contributed by atoms with van der Waals surface area (Å²) in [5.41, 5.74) is 0. The molecular weight excluding hydrogens is 152 g/mol. The van der Waals surface area contributed by atoms with Gasteiger partial charge in [-0.25, -0.2) is 0 Å². The van der Waals surface area contributed by atoms with Crippen LogP contribution in [0.15, 0.2) is 11.4 Å². The van der Waals surface area contributed by atoms with Gasteiger partial charge >= 0.3 is 0 Å². The van der Waals surface area contributed by atoms with Crippen LogP contribution >= 0.6 is 22.9 Å². The van der Waals surface area contributed by atoms with Crippen LogP contribution in [0.4, 0.5) is 0 Å². The van der Waals surface area contributed by atoms with Crippen LogP contribution < -0.4 is 0 Å². The molecule has 0 aliphatic carbocycles. The first-order valence-corrected chi connectivity index (χ1v) is 4.31. The van der Waals surface area contributed by atoms with Crippen molar-refractivity contribution >= 4 is 22.9 Å². The van der Waals surface area contributed by atoms with Crippen LogP contribution in [0.5, 0.6) is 0 Å². The van der Waals surface area contributed by atoms with Crippen LogP contribution in [-0.2, 0) is 6.42 Å². The van der Waals surface area contributed by atoms with E-state index in [2.05, 4.69) is 6.92 Å². The van der Waals surface area contributed by atoms with E-state index in [1.54, 1.807) is 11.3 Å². The van der Waals surface area contributed by atoms with E-state index < -0.39 is 0 Å². The van der Waals surface area contributed by atoms with Crippen molar-refractivity contribution in [1.29, 1.82) is 0 Å². The summed E-state index contributed by atoms with van der Waals surface area (Å²) in [6.45, 7) is 2.17. The van der Waals surface area contributed by atoms with Crippen molar-refractivity contribution in [2.45, 2.75) is 19.8 Å². The average Bonchev–Trinajstić information content (AvgIpc) is 2.17. The van der Waals surface area contributed by atoms with E-state index in [1.807, 2.05) is 11.4 Å². The Balaban J connectivity index is 2.61. The van der Waals surface area contributed by atoms with Crippen molar-refractivity contribution in [1.82, 2.24) is 0 Å². The Hall–Kier alpha value is -0.0100. The third-order valence-corrected chi connectivity index (χ3v) is 2.46. The van der Waals surface area contributed by atoms with Crippen LogP contribution in [0.2, 0.25) is 5.02 Å². The Labute approximate surface area is 64.5 Å². The van der Waals surface area contributed by atoms with Crippen molar-refractivity contribution in [3.8, 4) is 0 Å². The lowest BCUT2D eigenvalue weighted by Crippen LogP contribution is -1.71. The molecule has 0 atom stereocenters. The first-order chi connectivity index (χ1) is 4.33. The normalized spacial score (nSPS) is 10.0. The molecule has 1 aromatic heterocycles. The lowest BCUT2D eigenvalue weighted by atomic mass is 10.3. The lowest BCUT2D eigenvalue weighted by Gasteiger charge is -1.86. The Kier molecular flexibility index (Phi) is 2.55. The fourth-order valence-corrected chi connectivity index (χ4v) is 1.91. The van der Waals surface area contributed by atoms with Crippen LogP contribution in [0.25, 0.3) is 0 Å². The monoisotopic (exact) mass is 160 g/mol. The average molecular weight is 161 g/mol. The molecule has 0 amide bonds. The summed E-state index contributed by atoms with van der Waals surface area (Å²) in [4.78, 5) is 1.39. The molecule has 0 aromatic carbocycles. The number of halogens is 1. The minimum atomic E-state index is 0.878. The summed E-state index contributed by atoms with van der Waals surface area (Å²) in [7, 11) is 0. The maximum absolute atomic E-state index is 5.71. The zero-order valence-corrected chi connectivity index (χ0v) is 6.93. The van der Waals surface area contributed by atoms with E-state index in [0.29, 0.717) is 0 Å². The van der Waals surface area contributed by atoms with E-state index in [0.717, 1.165) is 11.4 Å². The van der Waals surface area contributed by atoms with Crippen molar-refractivity contribution in [2.24, 2.45) is 0 Å². The molecule has 0 bridgehead atoms. The molecule has 0 radical (unpaired) electrons. The van der Waals surface area contributed by atoms with Crippen molar-refractivity contribution < 1.29 is 0 Å². The van der Waals surface area contributed by atoms with E-state index >= 15 is 0 Å². The minimum absolute atomic E-state index is 0.878. The van der Waals surface area contributed by atoms with E-state index in [1.165, 1.54) is 11.3 Å². The zero-order chi connectivity index (χ0) is 6.69. The molecule has 0 saturated carbocycles. The Morgan fingerprint density at radius 3 is 2.89 bits per heavy atom. The largest absolute Gasteiger partial charge is 0.147 e. The maximum Gasteiger partial charge on any atom is 0.0515 e. The molecule has 0 unspecified atom stereocenters. The molecule has 9 heavy (non-hydrogen) atoms. The second-order valence-corrected chi connectivity index (χ2v) is 3.41. The Morgan fingerprint density at radius 2 is 2.44 bits per heavy atom. The van der Waals surface area contributed by atoms with Gasteiger partial charge in [-0.15, -0.1) is 11.3 Å². The van der Waals surface area contributed by atoms with Gasteiger partial charge in [0.15, 0.2) is 0 Å². The van der Waals surface area contributed by atoms with Gasteiger partial charge in [-0.05, 0) is 12.5 Å². The molecular formula is C7H9ClS. The summed E-state index contributed by atoms with van der Waals surface area (Å²) in [5.74, 6) is 0. The number of aryl methyl sites for hydroxylation is 1. The molecule has 1 rings (SSSR count). The molecule has 0 saturated heterocycles. The van der Waals surface area contributed by atoms with Gasteiger partial charge in [-0.1, -0.05) is 24.9 Å². The second-order valence-electron chi connectivity index (χ2n) is 1.98. The first-order valence-electron chi connectivity index (χ1n) is 3.06. The first kappa shape index (κ1) is 7.10. The van der Waals surface area contributed by atoms with Gasteiger partial charge < -0.3 is 0 Å². The Morgan fingerprint density at radius 1 is 1.67 bits per heavy atom. The molecule has 0 aliphatic heterocycles. The smallest absolute Gasteiger partial charge is 0.0515 e. The van der Waals surface area contributed by atoms with Crippen LogP contribution in [-0.4, -0.2) is 0 Å². The number of rotatable bonds is 2. The van der Waals surface area contributed by atoms with Crippen LogP contribution in [0, 0.1) is 0 Å². The highest BCUT2D eigenvalue weighted by atomic mass is 35.5.